The fraction of sp³-hybridized carbons (Fsp3) is 0.100. The Morgan fingerprint density at radius 2 is 2.08 bits per heavy atom. The van der Waals surface area contributed by atoms with Gasteiger partial charge in [-0.3, -0.25) is 4.79 Å². The Morgan fingerprint density at radius 1 is 1.33 bits per heavy atom. The Hall–Kier alpha value is -1.57. The highest BCUT2D eigenvalue weighted by atomic mass is 16.1. The average Bonchev–Trinajstić information content (AvgIpc) is 2.14. The SMILES string of the molecule is O=[C]NCC=Cc1ccccc1. The van der Waals surface area contributed by atoms with E-state index in [1.165, 1.54) is 0 Å². The van der Waals surface area contributed by atoms with Gasteiger partial charge in [-0.25, -0.2) is 0 Å². The minimum Gasteiger partial charge on any atom is -0.344 e. The number of rotatable bonds is 4. The maximum atomic E-state index is 9.75. The van der Waals surface area contributed by atoms with Gasteiger partial charge in [0, 0.05) is 6.54 Å². The summed E-state index contributed by atoms with van der Waals surface area (Å²) < 4.78 is 0. The highest BCUT2D eigenvalue weighted by Crippen LogP contribution is 1.99. The molecule has 0 aromatic heterocycles. The van der Waals surface area contributed by atoms with Crippen molar-refractivity contribution < 1.29 is 4.79 Å². The van der Waals surface area contributed by atoms with Gasteiger partial charge in [0.05, 0.1) is 0 Å². The van der Waals surface area contributed by atoms with E-state index in [2.05, 4.69) is 5.32 Å². The molecule has 61 valence electrons. The summed E-state index contributed by atoms with van der Waals surface area (Å²) >= 11 is 0. The van der Waals surface area contributed by atoms with Crippen LogP contribution in [0.3, 0.4) is 0 Å². The first kappa shape index (κ1) is 8.53. The second-order valence-electron chi connectivity index (χ2n) is 2.30. The molecular weight excluding hydrogens is 150 g/mol. The van der Waals surface area contributed by atoms with Crippen LogP contribution in [0.5, 0.6) is 0 Å². The molecule has 1 aromatic rings. The summed E-state index contributed by atoms with van der Waals surface area (Å²) in [6.45, 7) is 0.526. The molecule has 1 radical (unpaired) electrons. The predicted octanol–water partition coefficient (Wildman–Crippen LogP) is 1.36. The summed E-state index contributed by atoms with van der Waals surface area (Å²) in [6.07, 6.45) is 5.43. The van der Waals surface area contributed by atoms with Crippen molar-refractivity contribution in [1.29, 1.82) is 0 Å². The van der Waals surface area contributed by atoms with Gasteiger partial charge in [0.1, 0.15) is 0 Å². The van der Waals surface area contributed by atoms with Crippen molar-refractivity contribution in [3.8, 4) is 0 Å². The van der Waals surface area contributed by atoms with Crippen LogP contribution in [0, 0.1) is 0 Å². The molecule has 0 saturated carbocycles. The van der Waals surface area contributed by atoms with Gasteiger partial charge in [-0.05, 0) is 5.56 Å². The molecule has 0 bridgehead atoms. The third-order valence-electron chi connectivity index (χ3n) is 1.40. The highest BCUT2D eigenvalue weighted by molar-refractivity contribution is 5.51. The average molecular weight is 160 g/mol. The van der Waals surface area contributed by atoms with Crippen LogP contribution in [0.4, 0.5) is 0 Å². The maximum Gasteiger partial charge on any atom is 0.309 e. The summed E-state index contributed by atoms with van der Waals surface area (Å²) in [5, 5.41) is 2.43. The summed E-state index contributed by atoms with van der Waals surface area (Å²) in [4.78, 5) is 9.75. The monoisotopic (exact) mass is 160 g/mol. The lowest BCUT2D eigenvalue weighted by Crippen LogP contribution is -2.08. The molecule has 2 nitrogen and oxygen atoms in total. The topological polar surface area (TPSA) is 29.1 Å². The number of benzene rings is 1. The van der Waals surface area contributed by atoms with Crippen LogP contribution in [0.2, 0.25) is 0 Å². The van der Waals surface area contributed by atoms with Gasteiger partial charge in [0.2, 0.25) is 0 Å². The Bertz CT molecular complexity index is 254. The normalized spacial score (nSPS) is 10.0. The third kappa shape index (κ3) is 3.01. The first-order valence-corrected chi connectivity index (χ1v) is 3.75. The molecule has 0 saturated heterocycles. The zero-order valence-corrected chi connectivity index (χ0v) is 6.66. The van der Waals surface area contributed by atoms with E-state index < -0.39 is 0 Å². The van der Waals surface area contributed by atoms with Crippen LogP contribution in [-0.4, -0.2) is 13.0 Å². The number of amides is 1. The molecule has 12 heavy (non-hydrogen) atoms. The smallest absolute Gasteiger partial charge is 0.309 e. The fourth-order valence-corrected chi connectivity index (χ4v) is 0.860. The van der Waals surface area contributed by atoms with Crippen molar-refractivity contribution in [1.82, 2.24) is 5.32 Å². The first-order valence-electron chi connectivity index (χ1n) is 3.75. The second kappa shape index (κ2) is 5.13. The standard InChI is InChI=1S/C10H10NO/c12-9-11-8-4-7-10-5-2-1-3-6-10/h1-7H,8H2,(H,11,12). The number of hydrogen-bond acceptors (Lipinski definition) is 1. The van der Waals surface area contributed by atoms with Gasteiger partial charge < -0.3 is 5.32 Å². The lowest BCUT2D eigenvalue weighted by molar-refractivity contribution is 0.546. The van der Waals surface area contributed by atoms with Crippen LogP contribution in [0.1, 0.15) is 5.56 Å². The van der Waals surface area contributed by atoms with Crippen LogP contribution in [0.25, 0.3) is 6.08 Å². The van der Waals surface area contributed by atoms with Crippen molar-refractivity contribution in [3.05, 3.63) is 42.0 Å². The van der Waals surface area contributed by atoms with E-state index in [4.69, 9.17) is 0 Å². The van der Waals surface area contributed by atoms with Gasteiger partial charge >= 0.3 is 6.41 Å². The lowest BCUT2D eigenvalue weighted by Gasteiger charge is -1.90. The minimum absolute atomic E-state index is 0.526. The van der Waals surface area contributed by atoms with Crippen LogP contribution < -0.4 is 5.32 Å². The molecule has 0 aliphatic heterocycles. The first-order chi connectivity index (χ1) is 5.93. The minimum atomic E-state index is 0.526. The van der Waals surface area contributed by atoms with Crippen molar-refractivity contribution >= 4 is 12.5 Å². The largest absolute Gasteiger partial charge is 0.344 e. The number of hydrogen-bond donors (Lipinski definition) is 1. The van der Waals surface area contributed by atoms with Gasteiger partial charge in [0.15, 0.2) is 0 Å². The van der Waals surface area contributed by atoms with Gasteiger partial charge in [0.25, 0.3) is 0 Å². The molecule has 0 fully saturated rings. The van der Waals surface area contributed by atoms with Crippen LogP contribution >= 0.6 is 0 Å². The zero-order valence-electron chi connectivity index (χ0n) is 6.66. The molecule has 0 unspecified atom stereocenters. The molecule has 0 aliphatic carbocycles. The Kier molecular flexibility index (Phi) is 3.64. The quantitative estimate of drug-likeness (QED) is 0.523. The van der Waals surface area contributed by atoms with Gasteiger partial charge in [-0.15, -0.1) is 0 Å². The van der Waals surface area contributed by atoms with Crippen LogP contribution in [0.15, 0.2) is 36.4 Å². The molecule has 1 N–H and O–H groups in total. The third-order valence-corrected chi connectivity index (χ3v) is 1.40. The van der Waals surface area contributed by atoms with Crippen molar-refractivity contribution in [3.63, 3.8) is 0 Å². The van der Waals surface area contributed by atoms with E-state index in [-0.39, 0.29) is 0 Å². The van der Waals surface area contributed by atoms with Gasteiger partial charge in [-0.2, -0.15) is 0 Å². The molecule has 0 atom stereocenters. The van der Waals surface area contributed by atoms with E-state index in [1.807, 2.05) is 42.5 Å². The number of carbonyl (C=O) groups excluding carboxylic acids is 1. The molecule has 2 heteroatoms. The summed E-state index contributed by atoms with van der Waals surface area (Å²) in [6, 6.07) is 9.91. The summed E-state index contributed by atoms with van der Waals surface area (Å²) in [5.74, 6) is 0. The molecule has 1 rings (SSSR count). The molecule has 1 aromatic carbocycles. The van der Waals surface area contributed by atoms with E-state index in [1.54, 1.807) is 6.41 Å². The second-order valence-corrected chi connectivity index (χ2v) is 2.30. The molecule has 0 spiro atoms. The van der Waals surface area contributed by atoms with E-state index in [0.717, 1.165) is 5.56 Å². The summed E-state index contributed by atoms with van der Waals surface area (Å²) in [7, 11) is 0. The van der Waals surface area contributed by atoms with Gasteiger partial charge in [-0.1, -0.05) is 42.5 Å². The Morgan fingerprint density at radius 3 is 2.75 bits per heavy atom. The van der Waals surface area contributed by atoms with Crippen molar-refractivity contribution in [2.75, 3.05) is 6.54 Å². The highest BCUT2D eigenvalue weighted by Gasteiger charge is 1.81. The molecule has 1 amide bonds. The van der Waals surface area contributed by atoms with E-state index in [0.29, 0.717) is 6.54 Å². The maximum absolute atomic E-state index is 9.75. The van der Waals surface area contributed by atoms with Crippen molar-refractivity contribution in [2.24, 2.45) is 0 Å². The Balaban J connectivity index is 2.41. The summed E-state index contributed by atoms with van der Waals surface area (Å²) in [5.41, 5.74) is 1.13. The Labute approximate surface area is 71.9 Å². The van der Waals surface area contributed by atoms with E-state index in [9.17, 15) is 4.79 Å². The molecule has 0 aliphatic rings. The fourth-order valence-electron chi connectivity index (χ4n) is 0.860. The number of nitrogens with one attached hydrogen (secondary N) is 1. The van der Waals surface area contributed by atoms with Crippen molar-refractivity contribution in [2.45, 2.75) is 0 Å². The predicted molar refractivity (Wildman–Crippen MR) is 49.2 cm³/mol. The van der Waals surface area contributed by atoms with E-state index >= 15 is 0 Å². The lowest BCUT2D eigenvalue weighted by atomic mass is 10.2. The molecular formula is C10H10NO. The van der Waals surface area contributed by atoms with Crippen LogP contribution in [-0.2, 0) is 4.79 Å². The zero-order chi connectivity index (χ0) is 8.65. The molecule has 0 heterocycles.